The summed E-state index contributed by atoms with van der Waals surface area (Å²) < 4.78 is 3.78. The summed E-state index contributed by atoms with van der Waals surface area (Å²) in [6, 6.07) is 12.1. The van der Waals surface area contributed by atoms with Crippen molar-refractivity contribution < 1.29 is 4.79 Å². The maximum atomic E-state index is 13.0. The number of piperazine rings is 1. The number of carbonyl (C=O) groups is 1. The Balaban J connectivity index is 1.38. The summed E-state index contributed by atoms with van der Waals surface area (Å²) in [6.07, 6.45) is 7.72. The third-order valence-corrected chi connectivity index (χ3v) is 6.03. The van der Waals surface area contributed by atoms with Gasteiger partial charge in [-0.2, -0.15) is 5.10 Å². The Morgan fingerprint density at radius 3 is 2.44 bits per heavy atom. The molecule has 0 radical (unpaired) electrons. The van der Waals surface area contributed by atoms with Gasteiger partial charge in [-0.3, -0.25) is 4.79 Å². The Kier molecular flexibility index (Phi) is 7.39. The van der Waals surface area contributed by atoms with Crippen molar-refractivity contribution in [3.05, 3.63) is 66.1 Å². The third-order valence-electron chi connectivity index (χ3n) is 6.03. The van der Waals surface area contributed by atoms with E-state index >= 15 is 0 Å². The molecule has 2 aromatic heterocycles. The van der Waals surface area contributed by atoms with E-state index in [1.54, 1.807) is 6.20 Å². The molecular formula is C25H34N6O. The monoisotopic (exact) mass is 434 g/mol. The predicted molar refractivity (Wildman–Crippen MR) is 128 cm³/mol. The highest BCUT2D eigenvalue weighted by Gasteiger charge is 2.20. The van der Waals surface area contributed by atoms with Crippen LogP contribution in [0.25, 0.3) is 11.5 Å². The molecule has 0 spiro atoms. The molecule has 3 aromatic rings. The van der Waals surface area contributed by atoms with Crippen molar-refractivity contribution in [2.24, 2.45) is 0 Å². The van der Waals surface area contributed by atoms with Crippen molar-refractivity contribution in [1.82, 2.24) is 29.5 Å². The van der Waals surface area contributed by atoms with Crippen molar-refractivity contribution in [3.8, 4) is 11.5 Å². The normalized spacial score (nSPS) is 15.2. The Labute approximate surface area is 190 Å². The summed E-state index contributed by atoms with van der Waals surface area (Å²) in [5.74, 6) is 0.672. The van der Waals surface area contributed by atoms with E-state index in [1.165, 1.54) is 13.0 Å². The molecule has 1 aromatic carbocycles. The number of rotatable bonds is 9. The van der Waals surface area contributed by atoms with Crippen LogP contribution in [0.5, 0.6) is 0 Å². The Morgan fingerprint density at radius 2 is 1.75 bits per heavy atom. The van der Waals surface area contributed by atoms with Crippen LogP contribution in [0.3, 0.4) is 0 Å². The highest BCUT2D eigenvalue weighted by molar-refractivity contribution is 5.97. The molecule has 0 aliphatic carbocycles. The molecule has 0 saturated carbocycles. The first-order valence-corrected chi connectivity index (χ1v) is 11.7. The molecule has 1 N–H and O–H groups in total. The van der Waals surface area contributed by atoms with E-state index in [4.69, 9.17) is 0 Å². The van der Waals surface area contributed by atoms with Gasteiger partial charge in [-0.15, -0.1) is 0 Å². The Morgan fingerprint density at radius 1 is 1.03 bits per heavy atom. The molecule has 1 aliphatic rings. The van der Waals surface area contributed by atoms with Gasteiger partial charge in [0.15, 0.2) is 5.82 Å². The molecule has 0 atom stereocenters. The fourth-order valence-corrected chi connectivity index (χ4v) is 4.33. The first-order valence-electron chi connectivity index (χ1n) is 11.7. The molecule has 1 amide bonds. The zero-order valence-electron chi connectivity index (χ0n) is 19.2. The number of hydrogen-bond donors (Lipinski definition) is 1. The first-order chi connectivity index (χ1) is 15.7. The van der Waals surface area contributed by atoms with Gasteiger partial charge in [-0.1, -0.05) is 19.1 Å². The van der Waals surface area contributed by atoms with Gasteiger partial charge in [0.05, 0.1) is 11.9 Å². The fraction of sp³-hybridized carbons (Fsp3) is 0.440. The molecule has 1 saturated heterocycles. The van der Waals surface area contributed by atoms with E-state index in [0.717, 1.165) is 56.2 Å². The van der Waals surface area contributed by atoms with E-state index in [-0.39, 0.29) is 5.91 Å². The lowest BCUT2D eigenvalue weighted by molar-refractivity contribution is 0.0948. The second-order valence-corrected chi connectivity index (χ2v) is 8.52. The maximum Gasteiger partial charge on any atom is 0.256 e. The molecule has 1 fully saturated rings. The minimum absolute atomic E-state index is 0.0830. The quantitative estimate of drug-likeness (QED) is 0.526. The highest BCUT2D eigenvalue weighted by Crippen LogP contribution is 2.20. The summed E-state index contributed by atoms with van der Waals surface area (Å²) in [6.45, 7) is 11.7. The summed E-state index contributed by atoms with van der Waals surface area (Å²) in [5, 5.41) is 7.65. The van der Waals surface area contributed by atoms with Gasteiger partial charge in [0.2, 0.25) is 0 Å². The number of hydrogen-bond acceptors (Lipinski definition) is 4. The van der Waals surface area contributed by atoms with Gasteiger partial charge >= 0.3 is 0 Å². The van der Waals surface area contributed by atoms with E-state index in [1.807, 2.05) is 45.9 Å². The lowest BCUT2D eigenvalue weighted by Gasteiger charge is -2.34. The van der Waals surface area contributed by atoms with Gasteiger partial charge in [0.25, 0.3) is 5.91 Å². The van der Waals surface area contributed by atoms with E-state index < -0.39 is 0 Å². The minimum Gasteiger partial charge on any atom is -0.352 e. The average molecular weight is 435 g/mol. The van der Waals surface area contributed by atoms with Crippen LogP contribution >= 0.6 is 0 Å². The van der Waals surface area contributed by atoms with Crippen molar-refractivity contribution >= 4 is 5.91 Å². The third kappa shape index (κ3) is 5.29. The molecule has 1 aliphatic heterocycles. The molecule has 7 heteroatoms. The predicted octanol–water partition coefficient (Wildman–Crippen LogP) is 3.12. The number of aryl methyl sites for hydroxylation is 1. The van der Waals surface area contributed by atoms with Crippen LogP contribution in [0.15, 0.2) is 55.0 Å². The molecule has 170 valence electrons. The van der Waals surface area contributed by atoms with Crippen LogP contribution in [0.1, 0.15) is 35.7 Å². The summed E-state index contributed by atoms with van der Waals surface area (Å²) in [5.41, 5.74) is 2.67. The van der Waals surface area contributed by atoms with Crippen molar-refractivity contribution in [1.29, 1.82) is 0 Å². The number of carbonyl (C=O) groups excluding carboxylic acids is 1. The van der Waals surface area contributed by atoms with Crippen molar-refractivity contribution in [3.63, 3.8) is 0 Å². The van der Waals surface area contributed by atoms with Crippen LogP contribution < -0.4 is 5.32 Å². The van der Waals surface area contributed by atoms with Gasteiger partial charge in [-0.25, -0.2) is 4.68 Å². The number of nitrogens with zero attached hydrogens (tertiary/aromatic N) is 5. The zero-order valence-corrected chi connectivity index (χ0v) is 19.2. The van der Waals surface area contributed by atoms with Crippen LogP contribution in [0, 0.1) is 6.92 Å². The summed E-state index contributed by atoms with van der Waals surface area (Å²) in [4.78, 5) is 18.1. The maximum absolute atomic E-state index is 13.0. The lowest BCUT2D eigenvalue weighted by atomic mass is 10.2. The molecule has 32 heavy (non-hydrogen) atoms. The van der Waals surface area contributed by atoms with E-state index in [2.05, 4.69) is 46.2 Å². The minimum atomic E-state index is -0.0830. The standard InChI is InChI=1S/C25H34N6O/c1-3-11-28-15-17-29(18-16-28)12-7-10-26-24(32)23-20-27-31(22-9-6-8-21(2)19-22)25(23)30-13-4-5-14-30/h4-6,8-9,13-14,19-20H,3,7,10-12,15-18H2,1-2H3,(H,26,32). The Bertz CT molecular complexity index is 1000. The van der Waals surface area contributed by atoms with Crippen LogP contribution in [-0.2, 0) is 0 Å². The second-order valence-electron chi connectivity index (χ2n) is 8.52. The van der Waals surface area contributed by atoms with Gasteiger partial charge in [0, 0.05) is 45.1 Å². The van der Waals surface area contributed by atoms with Crippen molar-refractivity contribution in [2.75, 3.05) is 45.8 Å². The zero-order chi connectivity index (χ0) is 22.3. The average Bonchev–Trinajstić information content (AvgIpc) is 3.47. The molecule has 3 heterocycles. The SMILES string of the molecule is CCCN1CCN(CCCNC(=O)c2cnn(-c3cccc(C)c3)c2-n2cccc2)CC1. The molecule has 0 bridgehead atoms. The van der Waals surface area contributed by atoms with Gasteiger partial charge in [0.1, 0.15) is 5.56 Å². The number of benzene rings is 1. The number of amides is 1. The van der Waals surface area contributed by atoms with E-state index in [9.17, 15) is 4.79 Å². The van der Waals surface area contributed by atoms with Gasteiger partial charge < -0.3 is 19.7 Å². The lowest BCUT2D eigenvalue weighted by Crippen LogP contribution is -2.47. The molecule has 4 rings (SSSR count). The second kappa shape index (κ2) is 10.6. The summed E-state index contributed by atoms with van der Waals surface area (Å²) >= 11 is 0. The largest absolute Gasteiger partial charge is 0.352 e. The van der Waals surface area contributed by atoms with Crippen molar-refractivity contribution in [2.45, 2.75) is 26.7 Å². The van der Waals surface area contributed by atoms with Crippen LogP contribution in [0.4, 0.5) is 0 Å². The van der Waals surface area contributed by atoms with Crippen LogP contribution in [-0.4, -0.2) is 75.9 Å². The van der Waals surface area contributed by atoms with Crippen LogP contribution in [0.2, 0.25) is 0 Å². The van der Waals surface area contributed by atoms with Gasteiger partial charge in [-0.05, 0) is 62.7 Å². The molecule has 0 unspecified atom stereocenters. The topological polar surface area (TPSA) is 58.3 Å². The van der Waals surface area contributed by atoms with E-state index in [0.29, 0.717) is 12.1 Å². The number of nitrogens with one attached hydrogen (secondary N) is 1. The molecular weight excluding hydrogens is 400 g/mol. The fourth-order valence-electron chi connectivity index (χ4n) is 4.33. The summed E-state index contributed by atoms with van der Waals surface area (Å²) in [7, 11) is 0. The first kappa shape index (κ1) is 22.3. The number of aromatic nitrogens is 3. The smallest absolute Gasteiger partial charge is 0.256 e. The molecule has 7 nitrogen and oxygen atoms in total. The Hall–Kier alpha value is -2.90. The highest BCUT2D eigenvalue weighted by atomic mass is 16.1.